The van der Waals surface area contributed by atoms with Crippen LogP contribution in [0.25, 0.3) is 11.1 Å². The van der Waals surface area contributed by atoms with Crippen molar-refractivity contribution in [3.8, 4) is 28.8 Å². The van der Waals surface area contributed by atoms with E-state index in [2.05, 4.69) is 4.98 Å². The van der Waals surface area contributed by atoms with E-state index in [-0.39, 0.29) is 29.0 Å². The van der Waals surface area contributed by atoms with Crippen LogP contribution < -0.4 is 9.61 Å². The normalized spacial score (nSPS) is 11.6. The summed E-state index contributed by atoms with van der Waals surface area (Å²) in [6.45, 7) is 0.193. The molecule has 0 fully saturated rings. The van der Waals surface area contributed by atoms with E-state index in [4.69, 9.17) is 10.00 Å². The van der Waals surface area contributed by atoms with Crippen LogP contribution in [0.4, 0.5) is 4.39 Å². The van der Waals surface area contributed by atoms with Gasteiger partial charge in [0, 0.05) is 12.4 Å². The van der Waals surface area contributed by atoms with Gasteiger partial charge in [-0.1, -0.05) is 35.6 Å². The van der Waals surface area contributed by atoms with Crippen molar-refractivity contribution in [2.45, 2.75) is 18.9 Å². The Hall–Kier alpha value is -3.96. The smallest absolute Gasteiger partial charge is 0.310 e. The molecule has 0 saturated heterocycles. The maximum atomic E-state index is 13.6. The van der Waals surface area contributed by atoms with Gasteiger partial charge in [0.05, 0.1) is 17.0 Å². The number of halogens is 1. The topological polar surface area (TPSA) is 88.1 Å². The first-order valence-corrected chi connectivity index (χ1v) is 11.1. The molecule has 2 aromatic carbocycles. The molecule has 0 spiro atoms. The molecule has 0 radical (unpaired) electrons. The Bertz CT molecular complexity index is 1330. The number of thiazole rings is 1. The number of hydrogen-bond acceptors (Lipinski definition) is 6. The Morgan fingerprint density at radius 3 is 2.64 bits per heavy atom. The van der Waals surface area contributed by atoms with Crippen LogP contribution in [0, 0.1) is 17.1 Å². The molecule has 1 N–H and O–H groups in total. The van der Waals surface area contributed by atoms with Gasteiger partial charge in [-0.3, -0.25) is 14.3 Å². The van der Waals surface area contributed by atoms with E-state index in [1.165, 1.54) is 22.1 Å². The largest absolute Gasteiger partial charge is 0.494 e. The van der Waals surface area contributed by atoms with E-state index in [1.54, 1.807) is 30.6 Å². The fraction of sp³-hybridized carbons (Fsp3) is 0.160. The molecule has 0 amide bonds. The van der Waals surface area contributed by atoms with Gasteiger partial charge in [-0.25, -0.2) is 4.39 Å². The molecule has 2 aromatic heterocycles. The Labute approximate surface area is 193 Å². The lowest BCUT2D eigenvalue weighted by Crippen LogP contribution is -2.25. The average molecular weight is 462 g/mol. The van der Waals surface area contributed by atoms with Gasteiger partial charge in [-0.15, -0.1) is 0 Å². The molecule has 33 heavy (non-hydrogen) atoms. The zero-order chi connectivity index (χ0) is 23.2. The maximum Gasteiger partial charge on any atom is 0.310 e. The minimum atomic E-state index is -0.551. The number of rotatable bonds is 8. The molecule has 2 heterocycles. The summed E-state index contributed by atoms with van der Waals surface area (Å²) in [5.41, 5.74) is 2.57. The van der Waals surface area contributed by atoms with Crippen molar-refractivity contribution < 1.29 is 14.2 Å². The monoisotopic (exact) mass is 461 g/mol. The van der Waals surface area contributed by atoms with Gasteiger partial charge in [-0.2, -0.15) is 5.26 Å². The van der Waals surface area contributed by atoms with E-state index < -0.39 is 5.82 Å². The Morgan fingerprint density at radius 1 is 1.18 bits per heavy atom. The number of hydrogen-bond donors (Lipinski definition) is 1. The van der Waals surface area contributed by atoms with Crippen LogP contribution in [-0.4, -0.2) is 21.3 Å². The molecule has 0 aliphatic heterocycles. The minimum absolute atomic E-state index is 0.00898. The summed E-state index contributed by atoms with van der Waals surface area (Å²) in [5, 5.41) is 20.6. The summed E-state index contributed by atoms with van der Waals surface area (Å²) in [6, 6.07) is 16.9. The Kier molecular flexibility index (Phi) is 6.81. The third kappa shape index (κ3) is 5.27. The highest BCUT2D eigenvalue weighted by atomic mass is 32.1. The van der Waals surface area contributed by atoms with E-state index >= 15 is 0 Å². The summed E-state index contributed by atoms with van der Waals surface area (Å²) in [7, 11) is 0. The molecule has 4 aromatic rings. The van der Waals surface area contributed by atoms with E-state index in [1.807, 2.05) is 30.3 Å². The van der Waals surface area contributed by atoms with E-state index in [9.17, 15) is 14.3 Å². The standard InChI is InChI=1S/C25H20FN3O3S/c26-23-10-6-19(12-20(23)13-27)18-4-8-22(9-5-18)32-15-21(29-24(30)16-33-25(29)31)7-3-17-2-1-11-28-14-17/h1-2,4-6,8-12,14,16,21,30H,3,7,15H2/t21-/m0/s1. The van der Waals surface area contributed by atoms with Crippen molar-refractivity contribution in [2.24, 2.45) is 0 Å². The Balaban J connectivity index is 1.48. The van der Waals surface area contributed by atoms with Crippen molar-refractivity contribution in [1.29, 1.82) is 5.26 Å². The molecule has 8 heteroatoms. The summed E-state index contributed by atoms with van der Waals surface area (Å²) in [5.74, 6) is -0.0364. The zero-order valence-corrected chi connectivity index (χ0v) is 18.3. The second-order valence-corrected chi connectivity index (χ2v) is 8.25. The second kappa shape index (κ2) is 10.1. The van der Waals surface area contributed by atoms with Crippen LogP contribution in [0.3, 0.4) is 0 Å². The first kappa shape index (κ1) is 22.2. The summed E-state index contributed by atoms with van der Waals surface area (Å²) >= 11 is 0.946. The zero-order valence-electron chi connectivity index (χ0n) is 17.5. The van der Waals surface area contributed by atoms with Gasteiger partial charge >= 0.3 is 4.87 Å². The lowest BCUT2D eigenvalue weighted by Gasteiger charge is -2.19. The number of aromatic hydroxyl groups is 1. The molecule has 1 atom stereocenters. The predicted molar refractivity (Wildman–Crippen MR) is 124 cm³/mol. The molecular weight excluding hydrogens is 441 g/mol. The quantitative estimate of drug-likeness (QED) is 0.402. The molecule has 0 saturated carbocycles. The molecular formula is C25H20FN3O3S. The molecule has 6 nitrogen and oxygen atoms in total. The van der Waals surface area contributed by atoms with Crippen molar-refractivity contribution in [1.82, 2.24) is 9.55 Å². The lowest BCUT2D eigenvalue weighted by atomic mass is 10.0. The molecule has 166 valence electrons. The van der Waals surface area contributed by atoms with E-state index in [0.717, 1.165) is 28.0 Å². The van der Waals surface area contributed by atoms with Crippen LogP contribution in [0.1, 0.15) is 23.6 Å². The summed E-state index contributed by atoms with van der Waals surface area (Å²) < 4.78 is 20.9. The van der Waals surface area contributed by atoms with Crippen LogP contribution in [0.5, 0.6) is 11.6 Å². The van der Waals surface area contributed by atoms with Gasteiger partial charge in [0.1, 0.15) is 24.2 Å². The molecule has 0 aliphatic carbocycles. The summed E-state index contributed by atoms with van der Waals surface area (Å²) in [4.78, 5) is 16.2. The van der Waals surface area contributed by atoms with Crippen LogP contribution in [0.15, 0.2) is 77.2 Å². The van der Waals surface area contributed by atoms with Crippen LogP contribution in [-0.2, 0) is 6.42 Å². The van der Waals surface area contributed by atoms with Crippen LogP contribution in [0.2, 0.25) is 0 Å². The maximum absolute atomic E-state index is 13.6. The Morgan fingerprint density at radius 2 is 1.97 bits per heavy atom. The molecule has 0 unspecified atom stereocenters. The van der Waals surface area contributed by atoms with Gasteiger partial charge < -0.3 is 9.84 Å². The third-order valence-corrected chi connectivity index (χ3v) is 6.01. The first-order chi connectivity index (χ1) is 16.0. The molecule has 0 aliphatic rings. The number of nitriles is 1. The second-order valence-electron chi connectivity index (χ2n) is 7.43. The fourth-order valence-electron chi connectivity index (χ4n) is 3.54. The fourth-order valence-corrected chi connectivity index (χ4v) is 4.22. The van der Waals surface area contributed by atoms with Crippen molar-refractivity contribution >= 4 is 11.3 Å². The van der Waals surface area contributed by atoms with Gasteiger partial charge in [0.15, 0.2) is 0 Å². The van der Waals surface area contributed by atoms with Gasteiger partial charge in [-0.05, 0) is 59.9 Å². The van der Waals surface area contributed by atoms with Crippen molar-refractivity contribution in [3.05, 3.63) is 99.0 Å². The number of nitrogens with zero attached hydrogens (tertiary/aromatic N) is 3. The first-order valence-electron chi connectivity index (χ1n) is 10.3. The van der Waals surface area contributed by atoms with E-state index in [0.29, 0.717) is 18.6 Å². The average Bonchev–Trinajstić information content (AvgIpc) is 3.18. The van der Waals surface area contributed by atoms with Gasteiger partial charge in [0.25, 0.3) is 0 Å². The van der Waals surface area contributed by atoms with Crippen molar-refractivity contribution in [2.75, 3.05) is 6.61 Å². The molecule has 0 bridgehead atoms. The number of benzene rings is 2. The predicted octanol–water partition coefficient (Wildman–Crippen LogP) is 4.94. The third-order valence-electron chi connectivity index (χ3n) is 5.28. The lowest BCUT2D eigenvalue weighted by molar-refractivity contribution is 0.228. The highest BCUT2D eigenvalue weighted by Crippen LogP contribution is 2.26. The number of aryl methyl sites for hydroxylation is 1. The highest BCUT2D eigenvalue weighted by molar-refractivity contribution is 7.07. The van der Waals surface area contributed by atoms with Gasteiger partial charge in [0.2, 0.25) is 5.88 Å². The van der Waals surface area contributed by atoms with Crippen molar-refractivity contribution in [3.63, 3.8) is 0 Å². The highest BCUT2D eigenvalue weighted by Gasteiger charge is 2.19. The number of ether oxygens (including phenoxy) is 1. The minimum Gasteiger partial charge on any atom is -0.494 e. The number of aromatic nitrogens is 2. The van der Waals surface area contributed by atoms with Crippen LogP contribution >= 0.6 is 11.3 Å². The molecule has 4 rings (SSSR count). The number of pyridine rings is 1. The summed E-state index contributed by atoms with van der Waals surface area (Å²) in [6.07, 6.45) is 4.74. The SMILES string of the molecule is N#Cc1cc(-c2ccc(OC[C@H](CCc3cccnc3)n3c(O)csc3=O)cc2)ccc1F.